The van der Waals surface area contributed by atoms with Gasteiger partial charge in [-0.25, -0.2) is 0 Å². The maximum Gasteiger partial charge on any atom is 0.527 e. The maximum absolute atomic E-state index is 12.1. The molecule has 1 aromatic carbocycles. The summed E-state index contributed by atoms with van der Waals surface area (Å²) >= 11 is 11.8. The molecule has 3 N–H and O–H groups in total. The number of rotatable bonds is 10. The molecule has 1 saturated heterocycles. The molecule has 2 atom stereocenters. The van der Waals surface area contributed by atoms with E-state index >= 15 is 0 Å². The van der Waals surface area contributed by atoms with Crippen molar-refractivity contribution >= 4 is 54.1 Å². The van der Waals surface area contributed by atoms with Crippen LogP contribution in [-0.2, 0) is 23.7 Å². The zero-order valence-corrected chi connectivity index (χ0v) is 17.7. The minimum Gasteiger partial charge on any atom is -0.508 e. The van der Waals surface area contributed by atoms with Gasteiger partial charge in [0.05, 0.1) is 23.6 Å². The number of benzene rings is 1. The number of aliphatic carboxylic acids is 1. The van der Waals surface area contributed by atoms with E-state index in [9.17, 15) is 19.2 Å². The van der Waals surface area contributed by atoms with Crippen LogP contribution in [0, 0.1) is 5.92 Å². The lowest BCUT2D eigenvalue weighted by Gasteiger charge is -2.13. The normalized spacial score (nSPS) is 16.7. The van der Waals surface area contributed by atoms with E-state index in [1.54, 1.807) is 6.07 Å². The SMILES string of the molecule is CC(CCB1OC(=O)[C@H](CC(=O)O)O1)CNC(=O)CNC(=O)c1cc(Cl)ccc1Cl. The molecule has 1 heterocycles. The number of halogens is 2. The summed E-state index contributed by atoms with van der Waals surface area (Å²) in [5.74, 6) is -2.68. The molecule has 1 aromatic rings. The van der Waals surface area contributed by atoms with E-state index < -0.39 is 37.5 Å². The molecule has 1 aliphatic heterocycles. The second-order valence-corrected chi connectivity index (χ2v) is 7.73. The van der Waals surface area contributed by atoms with Gasteiger partial charge in [-0.15, -0.1) is 0 Å². The largest absolute Gasteiger partial charge is 0.527 e. The van der Waals surface area contributed by atoms with Crippen molar-refractivity contribution in [1.29, 1.82) is 0 Å². The van der Waals surface area contributed by atoms with Crippen molar-refractivity contribution in [1.82, 2.24) is 10.6 Å². The minimum absolute atomic E-state index is 0.0350. The minimum atomic E-state index is -1.14. The Balaban J connectivity index is 1.66. The highest BCUT2D eigenvalue weighted by Gasteiger charge is 2.40. The van der Waals surface area contributed by atoms with E-state index in [2.05, 4.69) is 10.6 Å². The van der Waals surface area contributed by atoms with Crippen molar-refractivity contribution in [3.05, 3.63) is 33.8 Å². The first kappa shape index (κ1) is 24.0. The molecule has 0 spiro atoms. The molecule has 2 rings (SSSR count). The van der Waals surface area contributed by atoms with Crippen molar-refractivity contribution in [2.45, 2.75) is 32.2 Å². The number of carbonyl (C=O) groups is 4. The summed E-state index contributed by atoms with van der Waals surface area (Å²) in [6.07, 6.45) is -0.572. The molecule has 0 saturated carbocycles. The third-order valence-electron chi connectivity index (χ3n) is 4.31. The van der Waals surface area contributed by atoms with Crippen LogP contribution in [0.2, 0.25) is 16.4 Å². The van der Waals surface area contributed by atoms with Crippen LogP contribution in [0.4, 0.5) is 0 Å². The summed E-state index contributed by atoms with van der Waals surface area (Å²) in [5, 5.41) is 14.5. The predicted molar refractivity (Wildman–Crippen MR) is 109 cm³/mol. The average molecular weight is 459 g/mol. The number of amides is 2. The third-order valence-corrected chi connectivity index (χ3v) is 4.88. The van der Waals surface area contributed by atoms with Crippen LogP contribution >= 0.6 is 23.2 Å². The fraction of sp³-hybridized carbons (Fsp3) is 0.444. The molecule has 1 unspecified atom stereocenters. The van der Waals surface area contributed by atoms with Crippen LogP contribution in [0.15, 0.2) is 18.2 Å². The highest BCUT2D eigenvalue weighted by Crippen LogP contribution is 2.21. The molecule has 1 aliphatic rings. The number of carboxylic acids is 1. The molecule has 1 fully saturated rings. The van der Waals surface area contributed by atoms with Crippen LogP contribution in [0.1, 0.15) is 30.1 Å². The van der Waals surface area contributed by atoms with E-state index in [1.807, 2.05) is 6.92 Å². The Bertz CT molecular complexity index is 824. The number of carboxylic acid groups (broad SMARTS) is 1. The van der Waals surface area contributed by atoms with Crippen molar-refractivity contribution < 1.29 is 33.6 Å². The van der Waals surface area contributed by atoms with Crippen LogP contribution in [-0.4, -0.2) is 55.2 Å². The Morgan fingerprint density at radius 2 is 2.00 bits per heavy atom. The van der Waals surface area contributed by atoms with Crippen LogP contribution in [0.3, 0.4) is 0 Å². The second kappa shape index (κ2) is 11.2. The number of nitrogens with one attached hydrogen (secondary N) is 2. The Kier molecular flexibility index (Phi) is 8.95. The van der Waals surface area contributed by atoms with E-state index in [0.717, 1.165) is 0 Å². The lowest BCUT2D eigenvalue weighted by molar-refractivity contribution is -0.145. The van der Waals surface area contributed by atoms with Gasteiger partial charge in [-0.3, -0.25) is 19.2 Å². The summed E-state index contributed by atoms with van der Waals surface area (Å²) < 4.78 is 10.3. The number of hydrogen-bond acceptors (Lipinski definition) is 6. The summed E-state index contributed by atoms with van der Waals surface area (Å²) in [4.78, 5) is 46.2. The third kappa shape index (κ3) is 7.51. The van der Waals surface area contributed by atoms with Crippen LogP contribution in [0.5, 0.6) is 0 Å². The van der Waals surface area contributed by atoms with Gasteiger partial charge in [0.15, 0.2) is 6.10 Å². The molecular formula is C18H21BCl2N2O7. The van der Waals surface area contributed by atoms with Crippen molar-refractivity contribution in [2.24, 2.45) is 5.92 Å². The summed E-state index contributed by atoms with van der Waals surface area (Å²) in [6, 6.07) is 4.46. The number of hydrogen-bond donors (Lipinski definition) is 3. The zero-order chi connectivity index (χ0) is 22.3. The molecule has 0 aliphatic carbocycles. The second-order valence-electron chi connectivity index (χ2n) is 6.88. The van der Waals surface area contributed by atoms with Gasteiger partial charge < -0.3 is 25.0 Å². The topological polar surface area (TPSA) is 131 Å². The van der Waals surface area contributed by atoms with Gasteiger partial charge in [-0.1, -0.05) is 30.1 Å². The fourth-order valence-corrected chi connectivity index (χ4v) is 3.06. The molecule has 0 aromatic heterocycles. The van der Waals surface area contributed by atoms with Crippen molar-refractivity contribution in [3.63, 3.8) is 0 Å². The van der Waals surface area contributed by atoms with E-state index in [0.29, 0.717) is 24.3 Å². The quantitative estimate of drug-likeness (QED) is 0.455. The molecule has 9 nitrogen and oxygen atoms in total. The summed E-state index contributed by atoms with van der Waals surface area (Å²) in [5.41, 5.74) is 0.178. The van der Waals surface area contributed by atoms with Gasteiger partial charge in [0.2, 0.25) is 5.91 Å². The first-order valence-corrected chi connectivity index (χ1v) is 9.99. The van der Waals surface area contributed by atoms with Gasteiger partial charge in [-0.05, 0) is 36.9 Å². The van der Waals surface area contributed by atoms with Gasteiger partial charge in [0.1, 0.15) is 0 Å². The van der Waals surface area contributed by atoms with Crippen LogP contribution < -0.4 is 10.6 Å². The zero-order valence-electron chi connectivity index (χ0n) is 16.2. The molecule has 0 radical (unpaired) electrons. The lowest BCUT2D eigenvalue weighted by atomic mass is 9.80. The predicted octanol–water partition coefficient (Wildman–Crippen LogP) is 1.77. The van der Waals surface area contributed by atoms with Crippen molar-refractivity contribution in [3.8, 4) is 0 Å². The molecular weight excluding hydrogens is 438 g/mol. The Labute approximate surface area is 183 Å². The van der Waals surface area contributed by atoms with E-state index in [4.69, 9.17) is 37.6 Å². The molecule has 0 bridgehead atoms. The summed E-state index contributed by atoms with van der Waals surface area (Å²) in [7, 11) is -0.790. The molecule has 162 valence electrons. The van der Waals surface area contributed by atoms with Gasteiger partial charge in [-0.2, -0.15) is 0 Å². The Hall–Kier alpha value is -2.30. The first-order chi connectivity index (χ1) is 14.2. The monoisotopic (exact) mass is 458 g/mol. The highest BCUT2D eigenvalue weighted by molar-refractivity contribution is 6.49. The standard InChI is InChI=1S/C18H21BCl2N2O7/c1-10(4-5-19-29-14(7-16(25)26)18(28)30-19)8-22-15(24)9-23-17(27)12-6-11(20)2-3-13(12)21/h2-3,6,10,14H,4-5,7-9H2,1H3,(H,22,24)(H,23,27)(H,25,26)/t10?,14-/m0/s1. The van der Waals surface area contributed by atoms with E-state index in [-0.39, 0.29) is 29.0 Å². The summed E-state index contributed by atoms with van der Waals surface area (Å²) in [6.45, 7) is 2.00. The lowest BCUT2D eigenvalue weighted by Crippen LogP contribution is -2.38. The smallest absolute Gasteiger partial charge is 0.508 e. The van der Waals surface area contributed by atoms with Gasteiger partial charge in [0, 0.05) is 11.6 Å². The fourth-order valence-electron chi connectivity index (χ4n) is 2.69. The molecule has 2 amide bonds. The van der Waals surface area contributed by atoms with E-state index in [1.165, 1.54) is 12.1 Å². The maximum atomic E-state index is 12.1. The molecule has 30 heavy (non-hydrogen) atoms. The Morgan fingerprint density at radius 1 is 1.27 bits per heavy atom. The average Bonchev–Trinajstić information content (AvgIpc) is 3.03. The molecule has 12 heteroatoms. The van der Waals surface area contributed by atoms with Gasteiger partial charge in [0.25, 0.3) is 5.91 Å². The Morgan fingerprint density at radius 3 is 2.70 bits per heavy atom. The van der Waals surface area contributed by atoms with Crippen LogP contribution in [0.25, 0.3) is 0 Å². The van der Waals surface area contributed by atoms with Crippen molar-refractivity contribution in [2.75, 3.05) is 13.1 Å². The first-order valence-electron chi connectivity index (χ1n) is 9.23. The van der Waals surface area contributed by atoms with Gasteiger partial charge >= 0.3 is 19.1 Å². The highest BCUT2D eigenvalue weighted by atomic mass is 35.5. The number of carbonyl (C=O) groups excluding carboxylic acids is 3.